The number of thioether (sulfide) groups is 1. The van der Waals surface area contributed by atoms with E-state index < -0.39 is 12.1 Å². The van der Waals surface area contributed by atoms with Gasteiger partial charge in [-0.15, -0.1) is 0 Å². The number of phenolic OH excluding ortho intramolecular Hbond substituents is 1. The lowest BCUT2D eigenvalue weighted by Crippen LogP contribution is -2.27. The van der Waals surface area contributed by atoms with Crippen LogP contribution in [0.4, 0.5) is 5.69 Å². The summed E-state index contributed by atoms with van der Waals surface area (Å²) in [5.41, 5.74) is 1.16. The van der Waals surface area contributed by atoms with Crippen LogP contribution in [0.3, 0.4) is 0 Å². The van der Waals surface area contributed by atoms with E-state index in [4.69, 9.17) is 26.8 Å². The number of nitrogens with zero attached hydrogens (tertiary/aromatic N) is 1. The molecule has 156 valence electrons. The van der Waals surface area contributed by atoms with Gasteiger partial charge in [-0.3, -0.25) is 9.69 Å². The number of carbonyl (C=O) groups excluding carboxylic acids is 1. The predicted molar refractivity (Wildman–Crippen MR) is 119 cm³/mol. The maximum atomic E-state index is 12.9. The van der Waals surface area contributed by atoms with Gasteiger partial charge in [-0.2, -0.15) is 0 Å². The lowest BCUT2D eigenvalue weighted by molar-refractivity contribution is -0.144. The van der Waals surface area contributed by atoms with Crippen LogP contribution in [0.2, 0.25) is 0 Å². The van der Waals surface area contributed by atoms with E-state index in [1.807, 2.05) is 0 Å². The number of rotatable bonds is 7. The van der Waals surface area contributed by atoms with Crippen molar-refractivity contribution in [3.63, 3.8) is 0 Å². The molecule has 9 heteroatoms. The van der Waals surface area contributed by atoms with Crippen molar-refractivity contribution in [2.75, 3.05) is 11.5 Å². The largest absolute Gasteiger partial charge is 0.508 e. The number of thiocarbonyl (C=S) groups is 1. The summed E-state index contributed by atoms with van der Waals surface area (Å²) >= 11 is 6.49. The van der Waals surface area contributed by atoms with Crippen molar-refractivity contribution in [2.24, 2.45) is 0 Å². The fourth-order valence-corrected chi connectivity index (χ4v) is 3.99. The van der Waals surface area contributed by atoms with Crippen LogP contribution in [-0.4, -0.2) is 39.1 Å². The molecule has 1 atom stereocenters. The first-order chi connectivity index (χ1) is 14.3. The number of carboxylic acids is 1. The van der Waals surface area contributed by atoms with Gasteiger partial charge in [0.15, 0.2) is 21.9 Å². The van der Waals surface area contributed by atoms with Crippen LogP contribution in [0, 0.1) is 0 Å². The van der Waals surface area contributed by atoms with Gasteiger partial charge in [-0.1, -0.05) is 36.1 Å². The smallest absolute Gasteiger partial charge is 0.344 e. The monoisotopic (exact) mass is 445 g/mol. The number of hydrogen-bond donors (Lipinski definition) is 2. The summed E-state index contributed by atoms with van der Waals surface area (Å²) in [5.74, 6) is -0.664. The highest BCUT2D eigenvalue weighted by molar-refractivity contribution is 8.27. The number of phenols is 1. The average molecular weight is 446 g/mol. The quantitative estimate of drug-likeness (QED) is 0.487. The third-order valence-corrected chi connectivity index (χ3v) is 5.40. The van der Waals surface area contributed by atoms with Crippen molar-refractivity contribution in [2.45, 2.75) is 20.0 Å². The molecule has 2 N–H and O–H groups in total. The number of ether oxygens (including phenoxy) is 2. The Balaban J connectivity index is 1.89. The molecule has 0 bridgehead atoms. The Hall–Kier alpha value is -3.04. The van der Waals surface area contributed by atoms with Gasteiger partial charge in [0.05, 0.1) is 17.2 Å². The van der Waals surface area contributed by atoms with E-state index in [0.717, 1.165) is 11.8 Å². The molecular formula is C21H19NO6S2. The molecule has 1 heterocycles. The lowest BCUT2D eigenvalue weighted by atomic mass is 10.1. The first-order valence-corrected chi connectivity index (χ1v) is 10.3. The van der Waals surface area contributed by atoms with Crippen LogP contribution >= 0.6 is 24.0 Å². The minimum absolute atomic E-state index is 0.0399. The van der Waals surface area contributed by atoms with Crippen LogP contribution in [-0.2, 0) is 9.59 Å². The van der Waals surface area contributed by atoms with Gasteiger partial charge in [0, 0.05) is 6.07 Å². The molecule has 7 nitrogen and oxygen atoms in total. The summed E-state index contributed by atoms with van der Waals surface area (Å²) in [6.45, 7) is 3.59. The predicted octanol–water partition coefficient (Wildman–Crippen LogP) is 4.05. The third-order valence-electron chi connectivity index (χ3n) is 4.10. The molecule has 3 rings (SSSR count). The lowest BCUT2D eigenvalue weighted by Gasteiger charge is -2.15. The number of aromatic hydroxyl groups is 1. The number of amides is 1. The molecule has 1 aliphatic rings. The van der Waals surface area contributed by atoms with E-state index in [1.165, 1.54) is 24.0 Å². The maximum Gasteiger partial charge on any atom is 0.344 e. The standard InChI is InChI=1S/C21H19NO6S2/c1-3-27-17-9-13(7-8-16(17)28-12(2)20(25)26)10-18-19(24)22(21(29)30-18)14-5-4-6-15(23)11-14/h4-12,23H,3H2,1-2H3,(H,25,26)/b18-10+. The summed E-state index contributed by atoms with van der Waals surface area (Å²) in [7, 11) is 0. The molecule has 1 aliphatic heterocycles. The SMILES string of the molecule is CCOc1cc(/C=C2/SC(=S)N(c3cccc(O)c3)C2=O)ccc1OC(C)C(=O)O. The highest BCUT2D eigenvalue weighted by Crippen LogP contribution is 2.38. The first-order valence-electron chi connectivity index (χ1n) is 9.03. The number of aliphatic carboxylic acids is 1. The van der Waals surface area contributed by atoms with Gasteiger partial charge in [-0.05, 0) is 49.8 Å². The number of benzene rings is 2. The van der Waals surface area contributed by atoms with E-state index in [-0.39, 0.29) is 11.7 Å². The molecule has 0 saturated carbocycles. The molecule has 30 heavy (non-hydrogen) atoms. The van der Waals surface area contributed by atoms with Gasteiger partial charge in [0.1, 0.15) is 5.75 Å². The third kappa shape index (κ3) is 4.74. The minimum Gasteiger partial charge on any atom is -0.508 e. The van der Waals surface area contributed by atoms with Crippen LogP contribution in [0.25, 0.3) is 6.08 Å². The van der Waals surface area contributed by atoms with E-state index in [2.05, 4.69) is 0 Å². The van der Waals surface area contributed by atoms with Gasteiger partial charge < -0.3 is 19.7 Å². The second-order valence-electron chi connectivity index (χ2n) is 6.27. The Morgan fingerprint density at radius 1 is 1.27 bits per heavy atom. The average Bonchev–Trinajstić information content (AvgIpc) is 2.97. The summed E-state index contributed by atoms with van der Waals surface area (Å²) in [4.78, 5) is 25.7. The molecule has 0 spiro atoms. The zero-order chi connectivity index (χ0) is 21.8. The molecular weight excluding hydrogens is 426 g/mol. The van der Waals surface area contributed by atoms with Gasteiger partial charge >= 0.3 is 5.97 Å². The van der Waals surface area contributed by atoms with E-state index in [1.54, 1.807) is 43.3 Å². The molecule has 1 fully saturated rings. The fraction of sp³-hybridized carbons (Fsp3) is 0.190. The molecule has 0 aromatic heterocycles. The Bertz CT molecular complexity index is 1040. The normalized spacial score (nSPS) is 16.1. The van der Waals surface area contributed by atoms with Crippen molar-refractivity contribution in [3.05, 3.63) is 52.9 Å². The second-order valence-corrected chi connectivity index (χ2v) is 7.95. The minimum atomic E-state index is -1.09. The van der Waals surface area contributed by atoms with Crippen molar-refractivity contribution in [3.8, 4) is 17.2 Å². The summed E-state index contributed by atoms with van der Waals surface area (Å²) < 4.78 is 11.4. The van der Waals surface area contributed by atoms with Crippen LogP contribution < -0.4 is 14.4 Å². The van der Waals surface area contributed by atoms with Crippen LogP contribution in [0.15, 0.2) is 47.4 Å². The topological polar surface area (TPSA) is 96.3 Å². The van der Waals surface area contributed by atoms with Crippen LogP contribution in [0.1, 0.15) is 19.4 Å². The van der Waals surface area contributed by atoms with Crippen molar-refractivity contribution in [1.82, 2.24) is 0 Å². The molecule has 1 amide bonds. The Kier molecular flexibility index (Phi) is 6.63. The van der Waals surface area contributed by atoms with Crippen LogP contribution in [0.5, 0.6) is 17.2 Å². The van der Waals surface area contributed by atoms with Crippen molar-refractivity contribution < 1.29 is 29.3 Å². The maximum absolute atomic E-state index is 12.9. The number of carboxylic acid groups (broad SMARTS) is 1. The van der Waals surface area contributed by atoms with Gasteiger partial charge in [-0.25, -0.2) is 4.79 Å². The Morgan fingerprint density at radius 2 is 2.03 bits per heavy atom. The zero-order valence-electron chi connectivity index (χ0n) is 16.2. The van der Waals surface area contributed by atoms with Crippen molar-refractivity contribution in [1.29, 1.82) is 0 Å². The van der Waals surface area contributed by atoms with Crippen molar-refractivity contribution >= 4 is 51.9 Å². The molecule has 0 radical (unpaired) electrons. The highest BCUT2D eigenvalue weighted by Gasteiger charge is 2.33. The summed E-state index contributed by atoms with van der Waals surface area (Å²) in [6.07, 6.45) is 0.642. The molecule has 1 saturated heterocycles. The Morgan fingerprint density at radius 3 is 2.70 bits per heavy atom. The zero-order valence-corrected chi connectivity index (χ0v) is 17.8. The number of anilines is 1. The molecule has 2 aromatic rings. The van der Waals surface area contributed by atoms with Gasteiger partial charge in [0.2, 0.25) is 0 Å². The van der Waals surface area contributed by atoms with E-state index in [0.29, 0.717) is 38.6 Å². The van der Waals surface area contributed by atoms with E-state index in [9.17, 15) is 14.7 Å². The molecule has 2 aromatic carbocycles. The molecule has 0 aliphatic carbocycles. The highest BCUT2D eigenvalue weighted by atomic mass is 32.2. The summed E-state index contributed by atoms with van der Waals surface area (Å²) in [5, 5.41) is 18.7. The second kappa shape index (κ2) is 9.19. The fourth-order valence-electron chi connectivity index (χ4n) is 2.69. The van der Waals surface area contributed by atoms with Gasteiger partial charge in [0.25, 0.3) is 5.91 Å². The number of carbonyl (C=O) groups is 2. The van der Waals surface area contributed by atoms with E-state index >= 15 is 0 Å². The molecule has 1 unspecified atom stereocenters. The number of hydrogen-bond acceptors (Lipinski definition) is 7. The summed E-state index contributed by atoms with van der Waals surface area (Å²) in [6, 6.07) is 11.3. The Labute approximate surface area is 182 Å². The first kappa shape index (κ1) is 21.7.